The zero-order valence-corrected chi connectivity index (χ0v) is 12.4. The van der Waals surface area contributed by atoms with Crippen LogP contribution in [-0.4, -0.2) is 30.6 Å². The molecule has 6 nitrogen and oxygen atoms in total. The highest BCUT2D eigenvalue weighted by molar-refractivity contribution is 7.80. The Balaban J connectivity index is 0.000000956. The number of fused-ring (bicyclic) bond motifs is 1. The van der Waals surface area contributed by atoms with Gasteiger partial charge in [0.2, 0.25) is 0 Å². The van der Waals surface area contributed by atoms with E-state index in [1.807, 2.05) is 44.3 Å². The highest BCUT2D eigenvalue weighted by Gasteiger charge is 2.12. The van der Waals surface area contributed by atoms with E-state index >= 15 is 0 Å². The predicted molar refractivity (Wildman–Crippen MR) is 78.8 cm³/mol. The van der Waals surface area contributed by atoms with Crippen molar-refractivity contribution in [3.05, 3.63) is 36.0 Å². The molecule has 1 aromatic heterocycles. The van der Waals surface area contributed by atoms with Crippen molar-refractivity contribution in [2.75, 3.05) is 6.61 Å². The first-order valence-electron chi connectivity index (χ1n) is 6.38. The molecule has 0 bridgehead atoms. The summed E-state index contributed by atoms with van der Waals surface area (Å²) in [6.45, 7) is 3.75. The van der Waals surface area contributed by atoms with Crippen LogP contribution in [0.4, 0.5) is 0 Å². The summed E-state index contributed by atoms with van der Waals surface area (Å²) in [4.78, 5) is 3.10. The maximum Gasteiger partial charge on any atom is 0.397 e. The van der Waals surface area contributed by atoms with E-state index in [0.29, 0.717) is 6.42 Å². The van der Waals surface area contributed by atoms with Crippen molar-refractivity contribution >= 4 is 21.3 Å². The van der Waals surface area contributed by atoms with Crippen LogP contribution >= 0.6 is 0 Å². The lowest BCUT2D eigenvalue weighted by Gasteiger charge is -2.09. The van der Waals surface area contributed by atoms with Crippen LogP contribution in [0.5, 0.6) is 0 Å². The highest BCUT2D eigenvalue weighted by Crippen LogP contribution is 2.18. The van der Waals surface area contributed by atoms with Crippen molar-refractivity contribution in [3.8, 4) is 0 Å². The fourth-order valence-corrected chi connectivity index (χ4v) is 2.16. The Morgan fingerprint density at radius 2 is 2.00 bits per heavy atom. The third-order valence-corrected chi connectivity index (χ3v) is 3.02. The first-order chi connectivity index (χ1) is 9.46. The molecule has 0 fully saturated rings. The Morgan fingerprint density at radius 3 is 2.65 bits per heavy atom. The van der Waals surface area contributed by atoms with E-state index in [4.69, 9.17) is 10.3 Å². The molecule has 4 N–H and O–H groups in total. The first-order valence-corrected chi connectivity index (χ1v) is 7.74. The first kappa shape index (κ1) is 16.6. The van der Waals surface area contributed by atoms with E-state index in [0.717, 1.165) is 16.5 Å². The summed E-state index contributed by atoms with van der Waals surface area (Å²) in [6, 6.07) is 7.23. The molecule has 0 spiro atoms. The summed E-state index contributed by atoms with van der Waals surface area (Å²) in [5.41, 5.74) is 7.73. The molecule has 1 atom stereocenters. The quantitative estimate of drug-likeness (QED) is 0.731. The number of hydrogen-bond donors (Lipinski definition) is 3. The molecule has 7 heteroatoms. The number of rotatable bonds is 5. The zero-order chi connectivity index (χ0) is 15.2. The molecule has 0 aliphatic rings. The molecule has 0 aliphatic carbocycles. The minimum atomic E-state index is -4.43. The maximum atomic E-state index is 10.4. The molecule has 0 aliphatic heterocycles. The van der Waals surface area contributed by atoms with Gasteiger partial charge in [-0.15, -0.1) is 0 Å². The van der Waals surface area contributed by atoms with Gasteiger partial charge in [0.15, 0.2) is 0 Å². The Hall–Kier alpha value is -1.41. The molecule has 112 valence electrons. The van der Waals surface area contributed by atoms with Crippen molar-refractivity contribution < 1.29 is 17.2 Å². The van der Waals surface area contributed by atoms with Gasteiger partial charge in [0.25, 0.3) is 0 Å². The summed E-state index contributed by atoms with van der Waals surface area (Å²) in [5, 5.41) is 1.04. The number of benzene rings is 1. The second kappa shape index (κ2) is 7.39. The SMILES string of the molecule is CC.NC(COS(=O)(=O)O)Cc1c[nH]c2ccccc12. The van der Waals surface area contributed by atoms with Gasteiger partial charge in [-0.3, -0.25) is 4.55 Å². The van der Waals surface area contributed by atoms with Crippen LogP contribution in [0.3, 0.4) is 0 Å². The molecule has 1 unspecified atom stereocenters. The third kappa shape index (κ3) is 4.93. The normalized spacial score (nSPS) is 12.8. The maximum absolute atomic E-state index is 10.4. The van der Waals surface area contributed by atoms with Crippen LogP contribution < -0.4 is 5.73 Å². The van der Waals surface area contributed by atoms with Crippen LogP contribution in [0.1, 0.15) is 19.4 Å². The topological polar surface area (TPSA) is 105 Å². The van der Waals surface area contributed by atoms with Gasteiger partial charge >= 0.3 is 10.4 Å². The van der Waals surface area contributed by atoms with Crippen molar-refractivity contribution in [1.29, 1.82) is 0 Å². The number of aromatic amines is 1. The number of H-pyrrole nitrogens is 1. The molecule has 1 aromatic carbocycles. The Bertz CT molecular complexity index is 637. The monoisotopic (exact) mass is 300 g/mol. The summed E-state index contributed by atoms with van der Waals surface area (Å²) >= 11 is 0. The molecule has 0 saturated heterocycles. The van der Waals surface area contributed by atoms with Crippen molar-refractivity contribution in [1.82, 2.24) is 4.98 Å². The van der Waals surface area contributed by atoms with E-state index < -0.39 is 16.4 Å². The molecular formula is C13H20N2O4S. The fourth-order valence-electron chi connectivity index (χ4n) is 1.82. The summed E-state index contributed by atoms with van der Waals surface area (Å²) in [7, 11) is -4.43. The lowest BCUT2D eigenvalue weighted by atomic mass is 10.1. The third-order valence-electron chi connectivity index (χ3n) is 2.59. The lowest BCUT2D eigenvalue weighted by Crippen LogP contribution is -2.29. The van der Waals surface area contributed by atoms with Crippen LogP contribution in [-0.2, 0) is 21.0 Å². The smallest absolute Gasteiger partial charge is 0.361 e. The molecule has 0 saturated carbocycles. The minimum Gasteiger partial charge on any atom is -0.361 e. The van der Waals surface area contributed by atoms with Gasteiger partial charge in [0.1, 0.15) is 0 Å². The predicted octanol–water partition coefficient (Wildman–Crippen LogP) is 1.88. The summed E-state index contributed by atoms with van der Waals surface area (Å²) in [6.07, 6.45) is 2.29. The van der Waals surface area contributed by atoms with Gasteiger partial charge in [-0.2, -0.15) is 8.42 Å². The Kier molecular flexibility index (Phi) is 6.15. The highest BCUT2D eigenvalue weighted by atomic mass is 32.3. The van der Waals surface area contributed by atoms with E-state index in [9.17, 15) is 8.42 Å². The Morgan fingerprint density at radius 1 is 1.35 bits per heavy atom. The summed E-state index contributed by atoms with van der Waals surface area (Å²) in [5.74, 6) is 0. The van der Waals surface area contributed by atoms with Gasteiger partial charge in [0, 0.05) is 23.1 Å². The second-order valence-corrected chi connectivity index (χ2v) is 5.13. The molecule has 0 radical (unpaired) electrons. The van der Waals surface area contributed by atoms with Gasteiger partial charge in [-0.25, -0.2) is 4.18 Å². The van der Waals surface area contributed by atoms with Crippen LogP contribution in [0, 0.1) is 0 Å². The molecule has 1 heterocycles. The van der Waals surface area contributed by atoms with Crippen molar-refractivity contribution in [3.63, 3.8) is 0 Å². The van der Waals surface area contributed by atoms with Crippen LogP contribution in [0.15, 0.2) is 30.5 Å². The molecule has 20 heavy (non-hydrogen) atoms. The average Bonchev–Trinajstić information content (AvgIpc) is 2.82. The van der Waals surface area contributed by atoms with Crippen molar-refractivity contribution in [2.45, 2.75) is 26.3 Å². The van der Waals surface area contributed by atoms with E-state index in [1.165, 1.54) is 0 Å². The number of nitrogens with one attached hydrogen (secondary N) is 1. The van der Waals surface area contributed by atoms with Crippen molar-refractivity contribution in [2.24, 2.45) is 5.73 Å². The number of hydrogen-bond acceptors (Lipinski definition) is 4. The fraction of sp³-hybridized carbons (Fsp3) is 0.385. The molecule has 2 rings (SSSR count). The Labute approximate surface area is 118 Å². The number of nitrogens with two attached hydrogens (primary N) is 1. The zero-order valence-electron chi connectivity index (χ0n) is 11.5. The molecule has 0 amide bonds. The van der Waals surface area contributed by atoms with E-state index in [2.05, 4.69) is 9.17 Å². The van der Waals surface area contributed by atoms with Gasteiger partial charge in [-0.1, -0.05) is 32.0 Å². The van der Waals surface area contributed by atoms with E-state index in [1.54, 1.807) is 0 Å². The molecular weight excluding hydrogens is 280 g/mol. The second-order valence-electron chi connectivity index (χ2n) is 4.04. The van der Waals surface area contributed by atoms with E-state index in [-0.39, 0.29) is 6.61 Å². The average molecular weight is 300 g/mol. The van der Waals surface area contributed by atoms with Gasteiger partial charge in [0.05, 0.1) is 6.61 Å². The number of para-hydroxylation sites is 1. The van der Waals surface area contributed by atoms with Crippen LogP contribution in [0.2, 0.25) is 0 Å². The summed E-state index contributed by atoms with van der Waals surface area (Å²) < 4.78 is 33.5. The van der Waals surface area contributed by atoms with Crippen LogP contribution in [0.25, 0.3) is 10.9 Å². The number of aromatic nitrogens is 1. The standard InChI is InChI=1S/C11H14N2O4S.C2H6/c12-9(7-17-18(14,15)16)5-8-6-13-11-4-2-1-3-10(8)11;1-2/h1-4,6,9,13H,5,7,12H2,(H,14,15,16);1-2H3. The minimum absolute atomic E-state index is 0.252. The van der Waals surface area contributed by atoms with Gasteiger partial charge < -0.3 is 10.7 Å². The largest absolute Gasteiger partial charge is 0.397 e. The molecule has 2 aromatic rings. The lowest BCUT2D eigenvalue weighted by molar-refractivity contribution is 0.250. The van der Waals surface area contributed by atoms with Gasteiger partial charge in [-0.05, 0) is 18.1 Å².